The second-order valence-corrected chi connectivity index (χ2v) is 8.40. The molecule has 1 aliphatic heterocycles. The van der Waals surface area contributed by atoms with Gasteiger partial charge in [-0.2, -0.15) is 14.5 Å². The van der Waals surface area contributed by atoms with Crippen LogP contribution in [0.25, 0.3) is 0 Å². The summed E-state index contributed by atoms with van der Waals surface area (Å²) in [6.07, 6.45) is 3.52. The van der Waals surface area contributed by atoms with Gasteiger partial charge in [0.1, 0.15) is 4.90 Å². The van der Waals surface area contributed by atoms with Gasteiger partial charge in [0.25, 0.3) is 0 Å². The molecule has 0 unspecified atom stereocenters. The Morgan fingerprint density at radius 2 is 1.84 bits per heavy atom. The van der Waals surface area contributed by atoms with Crippen LogP contribution in [-0.4, -0.2) is 63.4 Å². The van der Waals surface area contributed by atoms with Crippen LogP contribution in [0.4, 0.5) is 0 Å². The number of rotatable bonds is 5. The highest BCUT2D eigenvalue weighted by Crippen LogP contribution is 2.21. The van der Waals surface area contributed by atoms with Crippen LogP contribution in [0.1, 0.15) is 23.9 Å². The van der Waals surface area contributed by atoms with Gasteiger partial charge >= 0.3 is 0 Å². The molecule has 2 aromatic heterocycles. The molecule has 0 spiro atoms. The molecule has 0 N–H and O–H groups in total. The van der Waals surface area contributed by atoms with Crippen molar-refractivity contribution in [1.82, 2.24) is 28.8 Å². The van der Waals surface area contributed by atoms with E-state index in [1.807, 2.05) is 24.9 Å². The van der Waals surface area contributed by atoms with Gasteiger partial charge in [0, 0.05) is 63.8 Å². The van der Waals surface area contributed by atoms with Crippen LogP contribution in [0, 0.1) is 13.8 Å². The van der Waals surface area contributed by atoms with Gasteiger partial charge in [0.05, 0.1) is 11.9 Å². The lowest BCUT2D eigenvalue weighted by molar-refractivity contribution is 0.181. The topological polar surface area (TPSA) is 76.3 Å². The van der Waals surface area contributed by atoms with Crippen LogP contribution >= 0.6 is 0 Å². The van der Waals surface area contributed by atoms with E-state index in [2.05, 4.69) is 22.0 Å². The van der Waals surface area contributed by atoms with E-state index < -0.39 is 10.0 Å². The molecule has 0 radical (unpaired) electrons. The minimum atomic E-state index is -3.48. The fourth-order valence-corrected chi connectivity index (χ4v) is 4.71. The number of hydrogen-bond acceptors (Lipinski definition) is 5. The molecule has 1 saturated heterocycles. The lowest BCUT2D eigenvalue weighted by Crippen LogP contribution is -2.48. The number of aromatic nitrogens is 4. The van der Waals surface area contributed by atoms with Crippen molar-refractivity contribution in [3.05, 3.63) is 29.3 Å². The summed E-state index contributed by atoms with van der Waals surface area (Å²) in [5.41, 5.74) is 2.91. The van der Waals surface area contributed by atoms with Gasteiger partial charge in [0.2, 0.25) is 10.0 Å². The molecule has 3 rings (SSSR count). The molecule has 0 aliphatic carbocycles. The zero-order valence-electron chi connectivity index (χ0n) is 15.3. The second kappa shape index (κ2) is 6.89. The zero-order valence-corrected chi connectivity index (χ0v) is 16.1. The molecule has 3 heterocycles. The summed E-state index contributed by atoms with van der Waals surface area (Å²) in [6.45, 7) is 9.65. The molecule has 2 aromatic rings. The molecular formula is C16H26N6O2S. The number of piperazine rings is 1. The minimum absolute atomic E-state index is 0.325. The van der Waals surface area contributed by atoms with E-state index in [9.17, 15) is 8.42 Å². The highest BCUT2D eigenvalue weighted by atomic mass is 32.2. The van der Waals surface area contributed by atoms with Crippen LogP contribution in [0.3, 0.4) is 0 Å². The lowest BCUT2D eigenvalue weighted by Gasteiger charge is -2.33. The van der Waals surface area contributed by atoms with E-state index in [1.165, 1.54) is 5.56 Å². The van der Waals surface area contributed by atoms with E-state index in [1.54, 1.807) is 22.1 Å². The average Bonchev–Trinajstić information content (AvgIpc) is 3.13. The number of aryl methyl sites for hydroxylation is 3. The molecule has 8 nitrogen and oxygen atoms in total. The maximum Gasteiger partial charge on any atom is 0.246 e. The van der Waals surface area contributed by atoms with Gasteiger partial charge in [-0.15, -0.1) is 0 Å². The van der Waals surface area contributed by atoms with E-state index in [-0.39, 0.29) is 0 Å². The molecule has 25 heavy (non-hydrogen) atoms. The Morgan fingerprint density at radius 3 is 2.36 bits per heavy atom. The molecule has 138 valence electrons. The predicted octanol–water partition coefficient (Wildman–Crippen LogP) is 0.760. The summed E-state index contributed by atoms with van der Waals surface area (Å²) in [4.78, 5) is 2.60. The van der Waals surface area contributed by atoms with Crippen molar-refractivity contribution in [2.45, 2.75) is 38.8 Å². The van der Waals surface area contributed by atoms with Crippen molar-refractivity contribution in [2.75, 3.05) is 26.2 Å². The van der Waals surface area contributed by atoms with Crippen LogP contribution in [0.5, 0.6) is 0 Å². The Balaban J connectivity index is 1.67. The van der Waals surface area contributed by atoms with E-state index >= 15 is 0 Å². The fraction of sp³-hybridized carbons (Fsp3) is 0.625. The largest absolute Gasteiger partial charge is 0.296 e. The van der Waals surface area contributed by atoms with Gasteiger partial charge in [-0.25, -0.2) is 8.42 Å². The highest BCUT2D eigenvalue weighted by molar-refractivity contribution is 7.89. The predicted molar refractivity (Wildman–Crippen MR) is 94.6 cm³/mol. The third-order valence-corrected chi connectivity index (χ3v) is 6.91. The van der Waals surface area contributed by atoms with Crippen molar-refractivity contribution in [1.29, 1.82) is 0 Å². The fourth-order valence-electron chi connectivity index (χ4n) is 3.12. The smallest absolute Gasteiger partial charge is 0.246 e. The van der Waals surface area contributed by atoms with Crippen molar-refractivity contribution in [2.24, 2.45) is 7.05 Å². The molecular weight excluding hydrogens is 340 g/mol. The van der Waals surface area contributed by atoms with E-state index in [0.717, 1.165) is 12.2 Å². The quantitative estimate of drug-likeness (QED) is 0.781. The first-order chi connectivity index (χ1) is 11.8. The first-order valence-electron chi connectivity index (χ1n) is 8.57. The van der Waals surface area contributed by atoms with Gasteiger partial charge in [0.15, 0.2) is 0 Å². The maximum absolute atomic E-state index is 12.9. The summed E-state index contributed by atoms with van der Waals surface area (Å²) in [6, 6.07) is 0. The Hall–Kier alpha value is -1.71. The standard InChI is InChI=1S/C16H26N6O2S/c1-5-21-12-16(13(2)18-21)25(23,24)22-8-6-20(7-9-22)11-15-10-17-19(4)14(15)3/h10,12H,5-9,11H2,1-4H3. The summed E-state index contributed by atoms with van der Waals surface area (Å²) >= 11 is 0. The third-order valence-electron chi connectivity index (χ3n) is 4.91. The summed E-state index contributed by atoms with van der Waals surface area (Å²) in [5.74, 6) is 0. The molecule has 0 amide bonds. The summed E-state index contributed by atoms with van der Waals surface area (Å²) in [5, 5.41) is 8.53. The first-order valence-corrected chi connectivity index (χ1v) is 10.0. The Labute approximate surface area is 149 Å². The number of nitrogens with zero attached hydrogens (tertiary/aromatic N) is 6. The summed E-state index contributed by atoms with van der Waals surface area (Å²) < 4.78 is 30.9. The molecule has 0 bridgehead atoms. The molecule has 1 fully saturated rings. The summed E-state index contributed by atoms with van der Waals surface area (Å²) in [7, 11) is -1.54. The van der Waals surface area contributed by atoms with Gasteiger partial charge in [-0.3, -0.25) is 14.3 Å². The molecule has 0 saturated carbocycles. The number of sulfonamides is 1. The Morgan fingerprint density at radius 1 is 1.16 bits per heavy atom. The van der Waals surface area contributed by atoms with Crippen LogP contribution in [-0.2, 0) is 30.2 Å². The maximum atomic E-state index is 12.9. The van der Waals surface area contributed by atoms with Crippen molar-refractivity contribution >= 4 is 10.0 Å². The molecule has 0 atom stereocenters. The lowest BCUT2D eigenvalue weighted by atomic mass is 10.2. The van der Waals surface area contributed by atoms with Crippen molar-refractivity contribution in [3.63, 3.8) is 0 Å². The van der Waals surface area contributed by atoms with Gasteiger partial charge in [-0.05, 0) is 20.8 Å². The second-order valence-electron chi connectivity index (χ2n) is 6.49. The minimum Gasteiger partial charge on any atom is -0.296 e. The monoisotopic (exact) mass is 366 g/mol. The van der Waals surface area contributed by atoms with Crippen LogP contribution in [0.15, 0.2) is 17.3 Å². The van der Waals surface area contributed by atoms with Crippen LogP contribution < -0.4 is 0 Å². The Kier molecular flexibility index (Phi) is 4.99. The normalized spacial score (nSPS) is 17.3. The van der Waals surface area contributed by atoms with E-state index in [4.69, 9.17) is 0 Å². The first kappa shape index (κ1) is 18.1. The SMILES string of the molecule is CCn1cc(S(=O)(=O)N2CCN(Cc3cnn(C)c3C)CC2)c(C)n1. The van der Waals surface area contributed by atoms with Crippen molar-refractivity contribution in [3.8, 4) is 0 Å². The highest BCUT2D eigenvalue weighted by Gasteiger charge is 2.31. The van der Waals surface area contributed by atoms with Gasteiger partial charge in [-0.1, -0.05) is 0 Å². The Bertz CT molecular complexity index is 846. The van der Waals surface area contributed by atoms with Crippen molar-refractivity contribution < 1.29 is 8.42 Å². The zero-order chi connectivity index (χ0) is 18.2. The van der Waals surface area contributed by atoms with Gasteiger partial charge < -0.3 is 0 Å². The molecule has 9 heteroatoms. The molecule has 0 aromatic carbocycles. The van der Waals surface area contributed by atoms with E-state index in [0.29, 0.717) is 43.3 Å². The molecule has 1 aliphatic rings. The third kappa shape index (κ3) is 3.49. The number of hydrogen-bond donors (Lipinski definition) is 0. The van der Waals surface area contributed by atoms with Crippen LogP contribution in [0.2, 0.25) is 0 Å². The average molecular weight is 366 g/mol.